The molecule has 0 fully saturated rings. The number of nitrogens with zero attached hydrogens (tertiary/aromatic N) is 2. The summed E-state index contributed by atoms with van der Waals surface area (Å²) in [4.78, 5) is 0. The Hall–Kier alpha value is -0.540. The summed E-state index contributed by atoms with van der Waals surface area (Å²) in [5.41, 5.74) is 1.75. The van der Waals surface area contributed by atoms with E-state index >= 15 is 0 Å². The fraction of sp³-hybridized carbons (Fsp3) is 0.800. The topological polar surface area (TPSA) is 38.1 Å². The minimum atomic E-state index is -0.486. The Bertz CT molecular complexity index is 388. The van der Waals surface area contributed by atoms with E-state index in [4.69, 9.17) is 11.6 Å². The molecule has 1 N–H and O–H groups in total. The van der Waals surface area contributed by atoms with Crippen molar-refractivity contribution in [2.45, 2.75) is 71.3 Å². The third-order valence-corrected chi connectivity index (χ3v) is 3.95. The Morgan fingerprint density at radius 1 is 1.21 bits per heavy atom. The van der Waals surface area contributed by atoms with Crippen molar-refractivity contribution < 1.29 is 5.11 Å². The Morgan fingerprint density at radius 3 is 2.42 bits per heavy atom. The first-order valence-corrected chi connectivity index (χ1v) is 7.77. The summed E-state index contributed by atoms with van der Waals surface area (Å²) in [6.07, 6.45) is 6.29. The summed E-state index contributed by atoms with van der Waals surface area (Å²) in [6, 6.07) is 0. The van der Waals surface area contributed by atoms with Crippen LogP contribution >= 0.6 is 11.6 Å². The summed E-state index contributed by atoms with van der Waals surface area (Å²) in [5.74, 6) is 0.281. The lowest BCUT2D eigenvalue weighted by Crippen LogP contribution is -2.02. The smallest absolute Gasteiger partial charge is 0.132 e. The largest absolute Gasteiger partial charge is 0.388 e. The molecule has 1 unspecified atom stereocenters. The van der Waals surface area contributed by atoms with Crippen LogP contribution < -0.4 is 0 Å². The predicted octanol–water partition coefficient (Wildman–Crippen LogP) is 4.59. The van der Waals surface area contributed by atoms with Gasteiger partial charge in [0, 0.05) is 12.6 Å². The van der Waals surface area contributed by atoms with Crippen LogP contribution in [0.15, 0.2) is 0 Å². The molecule has 19 heavy (non-hydrogen) atoms. The van der Waals surface area contributed by atoms with Crippen LogP contribution in [0.5, 0.6) is 0 Å². The molecule has 0 amide bonds. The molecule has 1 aromatic rings. The maximum atomic E-state index is 10.4. The Labute approximate surface area is 122 Å². The molecular formula is C15H27ClN2O. The van der Waals surface area contributed by atoms with Gasteiger partial charge in [0.2, 0.25) is 0 Å². The van der Waals surface area contributed by atoms with Crippen LogP contribution in [0.3, 0.4) is 0 Å². The average Bonchev–Trinajstić information content (AvgIpc) is 2.66. The number of hydrogen-bond donors (Lipinski definition) is 1. The molecular weight excluding hydrogens is 260 g/mol. The third kappa shape index (κ3) is 4.50. The lowest BCUT2D eigenvalue weighted by Gasteiger charge is -2.13. The first-order chi connectivity index (χ1) is 8.99. The second-order valence-electron chi connectivity index (χ2n) is 5.59. The Morgan fingerprint density at radius 2 is 1.84 bits per heavy atom. The first kappa shape index (κ1) is 16.5. The van der Waals surface area contributed by atoms with Gasteiger partial charge in [-0.05, 0) is 12.3 Å². The summed E-state index contributed by atoms with van der Waals surface area (Å²) in [5, 5.41) is 15.4. The van der Waals surface area contributed by atoms with Crippen molar-refractivity contribution in [2.75, 3.05) is 0 Å². The van der Waals surface area contributed by atoms with Gasteiger partial charge in [-0.25, -0.2) is 0 Å². The molecule has 3 nitrogen and oxygen atoms in total. The summed E-state index contributed by atoms with van der Waals surface area (Å²) >= 11 is 6.26. The number of halogens is 1. The van der Waals surface area contributed by atoms with Crippen molar-refractivity contribution in [3.05, 3.63) is 16.4 Å². The summed E-state index contributed by atoms with van der Waals surface area (Å²) in [6.45, 7) is 6.37. The summed E-state index contributed by atoms with van der Waals surface area (Å²) in [7, 11) is 1.83. The van der Waals surface area contributed by atoms with Gasteiger partial charge in [-0.3, -0.25) is 4.68 Å². The molecule has 1 heterocycles. The molecule has 0 aliphatic rings. The van der Waals surface area contributed by atoms with E-state index in [1.165, 1.54) is 25.7 Å². The molecule has 1 atom stereocenters. The van der Waals surface area contributed by atoms with Crippen LogP contribution in [0.25, 0.3) is 0 Å². The van der Waals surface area contributed by atoms with Gasteiger partial charge in [0.05, 0.1) is 11.8 Å². The maximum Gasteiger partial charge on any atom is 0.132 e. The summed E-state index contributed by atoms with van der Waals surface area (Å²) < 4.78 is 1.66. The molecule has 0 bridgehead atoms. The van der Waals surface area contributed by atoms with Crippen LogP contribution in [0.2, 0.25) is 5.15 Å². The van der Waals surface area contributed by atoms with E-state index in [2.05, 4.69) is 25.9 Å². The maximum absolute atomic E-state index is 10.4. The minimum absolute atomic E-state index is 0.281. The molecule has 1 aromatic heterocycles. The minimum Gasteiger partial charge on any atom is -0.388 e. The van der Waals surface area contributed by atoms with E-state index in [1.807, 2.05) is 7.05 Å². The lowest BCUT2D eigenvalue weighted by atomic mass is 9.98. The normalized spacial score (nSPS) is 13.2. The number of aryl methyl sites for hydroxylation is 1. The second-order valence-corrected chi connectivity index (χ2v) is 5.94. The predicted molar refractivity (Wildman–Crippen MR) is 80.6 cm³/mol. The third-order valence-electron chi connectivity index (χ3n) is 3.50. The van der Waals surface area contributed by atoms with Gasteiger partial charge in [-0.1, -0.05) is 64.5 Å². The molecule has 1 rings (SSSR count). The highest BCUT2D eigenvalue weighted by Gasteiger charge is 2.23. The first-order valence-electron chi connectivity index (χ1n) is 7.39. The van der Waals surface area contributed by atoms with E-state index < -0.39 is 6.10 Å². The molecule has 0 saturated carbocycles. The van der Waals surface area contributed by atoms with Gasteiger partial charge >= 0.3 is 0 Å². The molecule has 110 valence electrons. The standard InChI is InChI=1S/C15H27ClN2O/c1-5-6-7-8-9-10-12(19)13-14(11(2)3)17-18(4)15(13)16/h11-12,19H,5-10H2,1-4H3. The van der Waals surface area contributed by atoms with Crippen molar-refractivity contribution in [1.29, 1.82) is 0 Å². The quantitative estimate of drug-likeness (QED) is 0.710. The van der Waals surface area contributed by atoms with Gasteiger partial charge in [0.25, 0.3) is 0 Å². The van der Waals surface area contributed by atoms with Crippen molar-refractivity contribution in [3.8, 4) is 0 Å². The van der Waals surface area contributed by atoms with Crippen LogP contribution in [-0.2, 0) is 7.05 Å². The van der Waals surface area contributed by atoms with E-state index in [0.29, 0.717) is 5.15 Å². The van der Waals surface area contributed by atoms with E-state index in [0.717, 1.165) is 24.1 Å². The molecule has 0 spiro atoms. The van der Waals surface area contributed by atoms with Crippen molar-refractivity contribution in [2.24, 2.45) is 7.05 Å². The number of unbranched alkanes of at least 4 members (excludes halogenated alkanes) is 4. The molecule has 0 aliphatic heterocycles. The van der Waals surface area contributed by atoms with Crippen molar-refractivity contribution >= 4 is 11.6 Å². The van der Waals surface area contributed by atoms with Gasteiger partial charge in [-0.15, -0.1) is 0 Å². The highest BCUT2D eigenvalue weighted by Crippen LogP contribution is 2.33. The van der Waals surface area contributed by atoms with Crippen LogP contribution in [-0.4, -0.2) is 14.9 Å². The number of aliphatic hydroxyl groups is 1. The second kappa shape index (κ2) is 7.91. The van der Waals surface area contributed by atoms with Crippen LogP contribution in [0, 0.1) is 0 Å². The van der Waals surface area contributed by atoms with E-state index in [9.17, 15) is 5.11 Å². The highest BCUT2D eigenvalue weighted by atomic mass is 35.5. The fourth-order valence-electron chi connectivity index (χ4n) is 2.36. The zero-order valence-corrected chi connectivity index (χ0v) is 13.4. The van der Waals surface area contributed by atoms with Crippen molar-refractivity contribution in [1.82, 2.24) is 9.78 Å². The van der Waals surface area contributed by atoms with Gasteiger partial charge in [-0.2, -0.15) is 5.10 Å². The molecule has 0 radical (unpaired) electrons. The molecule has 0 saturated heterocycles. The molecule has 4 heteroatoms. The number of hydrogen-bond acceptors (Lipinski definition) is 2. The zero-order chi connectivity index (χ0) is 14.4. The van der Waals surface area contributed by atoms with Crippen LogP contribution in [0.1, 0.15) is 82.6 Å². The highest BCUT2D eigenvalue weighted by molar-refractivity contribution is 6.30. The van der Waals surface area contributed by atoms with Gasteiger partial charge in [0.15, 0.2) is 0 Å². The lowest BCUT2D eigenvalue weighted by molar-refractivity contribution is 0.162. The number of aliphatic hydroxyl groups excluding tert-OH is 1. The van der Waals surface area contributed by atoms with Crippen molar-refractivity contribution in [3.63, 3.8) is 0 Å². The SMILES string of the molecule is CCCCCCCC(O)c1c(C(C)C)nn(C)c1Cl. The van der Waals surface area contributed by atoms with Gasteiger partial charge < -0.3 is 5.11 Å². The van der Waals surface area contributed by atoms with Crippen LogP contribution in [0.4, 0.5) is 0 Å². The number of aromatic nitrogens is 2. The number of rotatable bonds is 8. The Balaban J connectivity index is 2.63. The fourth-order valence-corrected chi connectivity index (χ4v) is 2.62. The van der Waals surface area contributed by atoms with Gasteiger partial charge in [0.1, 0.15) is 5.15 Å². The average molecular weight is 287 g/mol. The van der Waals surface area contributed by atoms with E-state index in [1.54, 1.807) is 4.68 Å². The zero-order valence-electron chi connectivity index (χ0n) is 12.6. The molecule has 0 aromatic carbocycles. The van der Waals surface area contributed by atoms with E-state index in [-0.39, 0.29) is 5.92 Å². The monoisotopic (exact) mass is 286 g/mol. The Kier molecular flexibility index (Phi) is 6.87. The molecule has 0 aliphatic carbocycles.